The SMILES string of the molecule is CC(C)(C)C(=O)OCC12CC3CC(C1)CC(c1ccccc1)(C3)C2.CC(C)(C)C(=O)OCC12CC3CC(CC(C3)C1)C2.CC12CC3CC(C1)CC(COC(=O)C(C)(C)C)(C3)C2. The molecule has 1 aromatic rings. The lowest BCUT2D eigenvalue weighted by atomic mass is 9.43. The van der Waals surface area contributed by atoms with Crippen LogP contribution >= 0.6 is 0 Å². The predicted molar refractivity (Wildman–Crippen MR) is 242 cm³/mol. The van der Waals surface area contributed by atoms with Crippen molar-refractivity contribution in [2.45, 2.75) is 190 Å². The number of benzene rings is 1. The molecule has 12 aliphatic rings. The van der Waals surface area contributed by atoms with Gasteiger partial charge in [0.25, 0.3) is 0 Å². The molecule has 0 heterocycles. The highest BCUT2D eigenvalue weighted by Gasteiger charge is 2.59. The molecule has 0 saturated heterocycles. The van der Waals surface area contributed by atoms with Gasteiger partial charge in [-0.05, 0) is 236 Å². The highest BCUT2D eigenvalue weighted by molar-refractivity contribution is 5.76. The molecular formula is C55H84O6. The molecule has 4 unspecified atom stereocenters. The van der Waals surface area contributed by atoms with E-state index in [1.807, 2.05) is 62.3 Å². The molecule has 12 bridgehead atoms. The lowest BCUT2D eigenvalue weighted by Gasteiger charge is -2.62. The summed E-state index contributed by atoms with van der Waals surface area (Å²) >= 11 is 0. The number of hydrogen-bond donors (Lipinski definition) is 0. The summed E-state index contributed by atoms with van der Waals surface area (Å²) in [5.41, 5.74) is 2.16. The van der Waals surface area contributed by atoms with Gasteiger partial charge in [0, 0.05) is 16.2 Å². The molecule has 340 valence electrons. The van der Waals surface area contributed by atoms with Gasteiger partial charge in [0.05, 0.1) is 36.1 Å². The third-order valence-corrected chi connectivity index (χ3v) is 17.6. The van der Waals surface area contributed by atoms with E-state index in [2.05, 4.69) is 37.3 Å². The average molecular weight is 841 g/mol. The Kier molecular flexibility index (Phi) is 11.8. The minimum absolute atomic E-state index is 0.0294. The molecule has 0 amide bonds. The third-order valence-electron chi connectivity index (χ3n) is 17.6. The fourth-order valence-electron chi connectivity index (χ4n) is 16.6. The summed E-state index contributed by atoms with van der Waals surface area (Å²) < 4.78 is 17.2. The van der Waals surface area contributed by atoms with Gasteiger partial charge in [-0.2, -0.15) is 0 Å². The second-order valence-corrected chi connectivity index (χ2v) is 27.3. The Morgan fingerprint density at radius 3 is 1.16 bits per heavy atom. The molecule has 12 aliphatic carbocycles. The highest BCUT2D eigenvalue weighted by atomic mass is 16.5. The zero-order valence-electron chi connectivity index (χ0n) is 40.2. The number of carbonyl (C=O) groups is 3. The van der Waals surface area contributed by atoms with Crippen molar-refractivity contribution in [3.63, 3.8) is 0 Å². The van der Waals surface area contributed by atoms with Crippen LogP contribution in [0.15, 0.2) is 30.3 Å². The lowest BCUT2D eigenvalue weighted by Crippen LogP contribution is -2.55. The van der Waals surface area contributed by atoms with E-state index in [0.717, 1.165) is 41.4 Å². The number of esters is 3. The van der Waals surface area contributed by atoms with E-state index in [4.69, 9.17) is 14.2 Å². The maximum Gasteiger partial charge on any atom is 0.311 e. The standard InChI is InChI=1S/C22H30O2.C17H28O2.C16H26O2/c1-20(2,3)19(23)24-15-21-10-16-9-17(11-21)13-22(12-16,14-21)18-7-5-4-6-8-18;1-15(2,3)14(18)19-11-17-8-12-5-13(9-17)7-16(4,6-12)10-17;1-15(2,3)14(17)18-10-16-7-11-4-12(8-16)6-13(5-11)9-16/h4-8,16-17H,9-15H2,1-3H3;12-13H,5-11H2,1-4H3;11-13H,4-10H2,1-3H3. The summed E-state index contributed by atoms with van der Waals surface area (Å²) in [6.45, 7) is 21.9. The molecule has 6 heteroatoms. The molecule has 0 aromatic heterocycles. The molecule has 12 fully saturated rings. The first-order valence-corrected chi connectivity index (χ1v) is 24.9. The van der Waals surface area contributed by atoms with Crippen molar-refractivity contribution in [1.82, 2.24) is 0 Å². The Hall–Kier alpha value is -2.37. The van der Waals surface area contributed by atoms with Gasteiger partial charge in [-0.15, -0.1) is 0 Å². The van der Waals surface area contributed by atoms with Crippen molar-refractivity contribution in [2.24, 2.45) is 79.3 Å². The van der Waals surface area contributed by atoms with Crippen LogP contribution in [-0.2, 0) is 34.0 Å². The summed E-state index contributed by atoms with van der Waals surface area (Å²) in [6, 6.07) is 11.1. The molecule has 1 aromatic carbocycles. The van der Waals surface area contributed by atoms with Crippen molar-refractivity contribution in [3.8, 4) is 0 Å². The molecular weight excluding hydrogens is 757 g/mol. The highest BCUT2D eigenvalue weighted by Crippen LogP contribution is 2.67. The monoisotopic (exact) mass is 841 g/mol. The van der Waals surface area contributed by atoms with Crippen molar-refractivity contribution in [3.05, 3.63) is 35.9 Å². The van der Waals surface area contributed by atoms with E-state index in [-0.39, 0.29) is 34.2 Å². The minimum Gasteiger partial charge on any atom is -0.465 e. The van der Waals surface area contributed by atoms with Crippen LogP contribution < -0.4 is 0 Å². The Bertz CT molecular complexity index is 1710. The van der Waals surface area contributed by atoms with Crippen molar-refractivity contribution < 1.29 is 28.6 Å². The second-order valence-electron chi connectivity index (χ2n) is 27.3. The quantitative estimate of drug-likeness (QED) is 0.201. The molecule has 0 N–H and O–H groups in total. The van der Waals surface area contributed by atoms with Gasteiger partial charge >= 0.3 is 17.9 Å². The molecule has 0 spiro atoms. The van der Waals surface area contributed by atoms with E-state index >= 15 is 0 Å². The van der Waals surface area contributed by atoms with E-state index in [1.54, 1.807) is 0 Å². The third kappa shape index (κ3) is 9.84. The average Bonchev–Trinajstić information content (AvgIpc) is 3.13. The maximum atomic E-state index is 12.3. The van der Waals surface area contributed by atoms with Crippen molar-refractivity contribution >= 4 is 17.9 Å². The van der Waals surface area contributed by atoms with Gasteiger partial charge in [0.2, 0.25) is 0 Å². The maximum absolute atomic E-state index is 12.3. The summed E-state index contributed by atoms with van der Waals surface area (Å²) in [7, 11) is 0. The van der Waals surface area contributed by atoms with Crippen LogP contribution in [0.1, 0.15) is 190 Å². The Morgan fingerprint density at radius 2 is 0.787 bits per heavy atom. The van der Waals surface area contributed by atoms with Gasteiger partial charge in [0.15, 0.2) is 0 Å². The van der Waals surface area contributed by atoms with Crippen LogP contribution in [0.25, 0.3) is 0 Å². The fourth-order valence-corrected chi connectivity index (χ4v) is 16.6. The molecule has 6 nitrogen and oxygen atoms in total. The van der Waals surface area contributed by atoms with Crippen molar-refractivity contribution in [2.75, 3.05) is 19.8 Å². The van der Waals surface area contributed by atoms with Crippen LogP contribution in [0.3, 0.4) is 0 Å². The lowest BCUT2D eigenvalue weighted by molar-refractivity contribution is -0.170. The van der Waals surface area contributed by atoms with E-state index in [9.17, 15) is 14.4 Å². The first kappa shape index (κ1) is 45.2. The van der Waals surface area contributed by atoms with E-state index < -0.39 is 5.41 Å². The number of rotatable bonds is 7. The molecule has 13 rings (SSSR count). The smallest absolute Gasteiger partial charge is 0.311 e. The number of carbonyl (C=O) groups excluding carboxylic acids is 3. The first-order valence-electron chi connectivity index (χ1n) is 24.9. The second kappa shape index (κ2) is 16.0. The van der Waals surface area contributed by atoms with Crippen molar-refractivity contribution in [1.29, 1.82) is 0 Å². The van der Waals surface area contributed by atoms with Crippen LogP contribution in [-0.4, -0.2) is 37.7 Å². The zero-order valence-corrected chi connectivity index (χ0v) is 40.2. The van der Waals surface area contributed by atoms with Crippen LogP contribution in [0.2, 0.25) is 0 Å². The Balaban J connectivity index is 0.000000128. The normalized spacial score (nSPS) is 41.0. The number of hydrogen-bond acceptors (Lipinski definition) is 6. The molecule has 61 heavy (non-hydrogen) atoms. The molecule has 12 saturated carbocycles. The van der Waals surface area contributed by atoms with Gasteiger partial charge in [0.1, 0.15) is 0 Å². The topological polar surface area (TPSA) is 78.9 Å². The Morgan fingerprint density at radius 1 is 0.459 bits per heavy atom. The zero-order chi connectivity index (χ0) is 43.9. The summed E-state index contributed by atoms with van der Waals surface area (Å²) in [5.74, 6) is 6.14. The van der Waals surface area contributed by atoms with Gasteiger partial charge < -0.3 is 14.2 Å². The van der Waals surface area contributed by atoms with Gasteiger partial charge in [-0.3, -0.25) is 14.4 Å². The van der Waals surface area contributed by atoms with Crippen LogP contribution in [0, 0.1) is 79.3 Å². The minimum atomic E-state index is -0.403. The van der Waals surface area contributed by atoms with Gasteiger partial charge in [-0.1, -0.05) is 37.3 Å². The fraction of sp³-hybridized carbons (Fsp3) is 0.836. The largest absolute Gasteiger partial charge is 0.465 e. The molecule has 0 radical (unpaired) electrons. The van der Waals surface area contributed by atoms with E-state index in [1.165, 1.54) is 121 Å². The first-order chi connectivity index (χ1) is 28.4. The summed E-state index contributed by atoms with van der Waals surface area (Å²) in [5, 5.41) is 0. The predicted octanol–water partition coefficient (Wildman–Crippen LogP) is 13.1. The molecule has 4 atom stereocenters. The Labute approximate surface area is 370 Å². The van der Waals surface area contributed by atoms with Crippen LogP contribution in [0.4, 0.5) is 0 Å². The molecule has 0 aliphatic heterocycles. The van der Waals surface area contributed by atoms with Gasteiger partial charge in [-0.25, -0.2) is 0 Å². The summed E-state index contributed by atoms with van der Waals surface area (Å²) in [4.78, 5) is 36.2. The van der Waals surface area contributed by atoms with Crippen LogP contribution in [0.5, 0.6) is 0 Å². The summed E-state index contributed by atoms with van der Waals surface area (Å²) in [6.07, 6.45) is 24.2. The number of ether oxygens (including phenoxy) is 3. The van der Waals surface area contributed by atoms with E-state index in [0.29, 0.717) is 41.5 Å².